The maximum atomic E-state index is 5.63. The zero-order valence-corrected chi connectivity index (χ0v) is 13.6. The van der Waals surface area contributed by atoms with Crippen LogP contribution in [-0.2, 0) is 0 Å². The predicted octanol–water partition coefficient (Wildman–Crippen LogP) is 4.15. The third-order valence-corrected chi connectivity index (χ3v) is 4.06. The molecular formula is C18H30N2O. The third kappa shape index (κ3) is 5.58. The van der Waals surface area contributed by atoms with Crippen molar-refractivity contribution >= 4 is 5.69 Å². The van der Waals surface area contributed by atoms with Gasteiger partial charge in [-0.15, -0.1) is 0 Å². The van der Waals surface area contributed by atoms with Gasteiger partial charge in [0.15, 0.2) is 0 Å². The quantitative estimate of drug-likeness (QED) is 0.816. The summed E-state index contributed by atoms with van der Waals surface area (Å²) in [4.78, 5) is 2.60. The summed E-state index contributed by atoms with van der Waals surface area (Å²) in [6.07, 6.45) is 6.13. The van der Waals surface area contributed by atoms with E-state index in [9.17, 15) is 0 Å². The van der Waals surface area contributed by atoms with Crippen LogP contribution in [0.1, 0.15) is 46.0 Å². The normalized spacial score (nSPS) is 20.0. The molecule has 1 unspecified atom stereocenters. The Labute approximate surface area is 129 Å². The summed E-state index contributed by atoms with van der Waals surface area (Å²) in [6, 6.07) is 9.02. The lowest BCUT2D eigenvalue weighted by Gasteiger charge is -2.20. The molecule has 1 aliphatic heterocycles. The number of likely N-dealkylation sites (tertiary alicyclic amines) is 1. The number of anilines is 1. The lowest BCUT2D eigenvalue weighted by atomic mass is 10.1. The fourth-order valence-electron chi connectivity index (χ4n) is 2.94. The first-order valence-corrected chi connectivity index (χ1v) is 8.53. The molecule has 0 aliphatic carbocycles. The van der Waals surface area contributed by atoms with Gasteiger partial charge in [-0.2, -0.15) is 0 Å². The summed E-state index contributed by atoms with van der Waals surface area (Å²) in [5.74, 6) is 0.970. The first-order chi connectivity index (χ1) is 10.3. The Hall–Kier alpha value is -1.22. The predicted molar refractivity (Wildman–Crippen MR) is 90.2 cm³/mol. The number of nitrogens with zero attached hydrogens (tertiary/aromatic N) is 1. The van der Waals surface area contributed by atoms with E-state index in [0.717, 1.165) is 18.8 Å². The molecule has 0 aromatic heterocycles. The highest BCUT2D eigenvalue weighted by Crippen LogP contribution is 2.20. The van der Waals surface area contributed by atoms with Crippen molar-refractivity contribution < 1.29 is 4.74 Å². The van der Waals surface area contributed by atoms with Crippen molar-refractivity contribution in [1.82, 2.24) is 4.90 Å². The van der Waals surface area contributed by atoms with Gasteiger partial charge in [0.05, 0.1) is 6.61 Å². The van der Waals surface area contributed by atoms with E-state index in [-0.39, 0.29) is 0 Å². The molecule has 2 rings (SSSR count). The Morgan fingerprint density at radius 2 is 1.90 bits per heavy atom. The molecule has 0 radical (unpaired) electrons. The van der Waals surface area contributed by atoms with E-state index < -0.39 is 0 Å². The van der Waals surface area contributed by atoms with E-state index in [1.807, 2.05) is 0 Å². The van der Waals surface area contributed by atoms with Gasteiger partial charge < -0.3 is 15.0 Å². The van der Waals surface area contributed by atoms with Gasteiger partial charge in [-0.1, -0.05) is 13.8 Å². The van der Waals surface area contributed by atoms with Gasteiger partial charge in [-0.05, 0) is 69.5 Å². The first kappa shape index (κ1) is 16.2. The third-order valence-electron chi connectivity index (χ3n) is 4.06. The van der Waals surface area contributed by atoms with Gasteiger partial charge in [0.1, 0.15) is 5.75 Å². The van der Waals surface area contributed by atoms with Crippen molar-refractivity contribution in [3.05, 3.63) is 24.3 Å². The van der Waals surface area contributed by atoms with Gasteiger partial charge in [0.25, 0.3) is 0 Å². The van der Waals surface area contributed by atoms with Crippen LogP contribution in [0.2, 0.25) is 0 Å². The van der Waals surface area contributed by atoms with Crippen LogP contribution in [0.3, 0.4) is 0 Å². The molecule has 0 saturated carbocycles. The second-order valence-electron chi connectivity index (χ2n) is 5.99. The highest BCUT2D eigenvalue weighted by Gasteiger charge is 2.16. The zero-order valence-electron chi connectivity index (χ0n) is 13.6. The fourth-order valence-corrected chi connectivity index (χ4v) is 2.94. The lowest BCUT2D eigenvalue weighted by Crippen LogP contribution is -2.27. The molecule has 1 fully saturated rings. The Morgan fingerprint density at radius 3 is 2.62 bits per heavy atom. The van der Waals surface area contributed by atoms with E-state index in [4.69, 9.17) is 4.74 Å². The van der Waals surface area contributed by atoms with Crippen molar-refractivity contribution in [3.8, 4) is 5.75 Å². The van der Waals surface area contributed by atoms with E-state index in [1.54, 1.807) is 0 Å². The average molecular weight is 290 g/mol. The van der Waals surface area contributed by atoms with Crippen molar-refractivity contribution in [1.29, 1.82) is 0 Å². The molecular weight excluding hydrogens is 260 g/mol. The monoisotopic (exact) mass is 290 g/mol. The van der Waals surface area contributed by atoms with E-state index in [0.29, 0.717) is 6.04 Å². The number of benzene rings is 1. The number of ether oxygens (including phenoxy) is 1. The van der Waals surface area contributed by atoms with Crippen LogP contribution in [0.4, 0.5) is 5.69 Å². The van der Waals surface area contributed by atoms with Crippen LogP contribution < -0.4 is 10.1 Å². The Kier molecular flexibility index (Phi) is 6.87. The summed E-state index contributed by atoms with van der Waals surface area (Å²) in [5.41, 5.74) is 1.22. The van der Waals surface area contributed by atoms with Crippen molar-refractivity contribution in [2.45, 2.75) is 52.0 Å². The Balaban J connectivity index is 1.81. The van der Waals surface area contributed by atoms with Gasteiger partial charge in [-0.3, -0.25) is 0 Å². The number of hydrogen-bond donors (Lipinski definition) is 1. The number of nitrogens with one attached hydrogen (secondary N) is 1. The standard InChI is InChI=1S/C18H30N2O/c1-3-12-20-13-5-6-16(11-14-20)19-17-7-9-18(10-8-17)21-15-4-2/h7-10,16,19H,3-6,11-15H2,1-2H3. The SMILES string of the molecule is CCCOc1ccc(NC2CCCN(CCC)CC2)cc1. The Bertz CT molecular complexity index is 391. The number of rotatable bonds is 7. The van der Waals surface area contributed by atoms with Crippen LogP contribution in [0.15, 0.2) is 24.3 Å². The molecule has 1 heterocycles. The molecule has 21 heavy (non-hydrogen) atoms. The maximum absolute atomic E-state index is 5.63. The van der Waals surface area contributed by atoms with Crippen molar-refractivity contribution in [3.63, 3.8) is 0 Å². The van der Waals surface area contributed by atoms with Crippen molar-refractivity contribution in [2.24, 2.45) is 0 Å². The van der Waals surface area contributed by atoms with E-state index in [1.165, 1.54) is 51.0 Å². The topological polar surface area (TPSA) is 24.5 Å². The van der Waals surface area contributed by atoms with Crippen LogP contribution in [0.25, 0.3) is 0 Å². The molecule has 1 aromatic carbocycles. The molecule has 0 amide bonds. The van der Waals surface area contributed by atoms with E-state index >= 15 is 0 Å². The molecule has 0 spiro atoms. The highest BCUT2D eigenvalue weighted by molar-refractivity contribution is 5.47. The van der Waals surface area contributed by atoms with Crippen LogP contribution in [0.5, 0.6) is 5.75 Å². The minimum Gasteiger partial charge on any atom is -0.494 e. The minimum absolute atomic E-state index is 0.606. The second kappa shape index (κ2) is 8.93. The zero-order chi connectivity index (χ0) is 14.9. The molecule has 118 valence electrons. The summed E-state index contributed by atoms with van der Waals surface area (Å²) < 4.78 is 5.63. The Morgan fingerprint density at radius 1 is 1.10 bits per heavy atom. The molecule has 1 saturated heterocycles. The summed E-state index contributed by atoms with van der Waals surface area (Å²) in [5, 5.41) is 3.68. The minimum atomic E-state index is 0.606. The molecule has 1 atom stereocenters. The summed E-state index contributed by atoms with van der Waals surface area (Å²) in [7, 11) is 0. The highest BCUT2D eigenvalue weighted by atomic mass is 16.5. The average Bonchev–Trinajstić information content (AvgIpc) is 2.73. The van der Waals surface area contributed by atoms with Gasteiger partial charge in [0.2, 0.25) is 0 Å². The molecule has 1 aromatic rings. The van der Waals surface area contributed by atoms with Crippen LogP contribution in [0, 0.1) is 0 Å². The first-order valence-electron chi connectivity index (χ1n) is 8.53. The molecule has 3 nitrogen and oxygen atoms in total. The molecule has 1 N–H and O–H groups in total. The van der Waals surface area contributed by atoms with Crippen molar-refractivity contribution in [2.75, 3.05) is 31.6 Å². The van der Waals surface area contributed by atoms with Gasteiger partial charge in [0, 0.05) is 18.3 Å². The molecule has 1 aliphatic rings. The number of hydrogen-bond acceptors (Lipinski definition) is 3. The van der Waals surface area contributed by atoms with Crippen LogP contribution in [-0.4, -0.2) is 37.2 Å². The smallest absolute Gasteiger partial charge is 0.119 e. The molecule has 0 bridgehead atoms. The summed E-state index contributed by atoms with van der Waals surface area (Å²) in [6.45, 7) is 8.92. The second-order valence-corrected chi connectivity index (χ2v) is 5.99. The summed E-state index contributed by atoms with van der Waals surface area (Å²) >= 11 is 0. The molecule has 3 heteroatoms. The lowest BCUT2D eigenvalue weighted by molar-refractivity contribution is 0.285. The van der Waals surface area contributed by atoms with Gasteiger partial charge >= 0.3 is 0 Å². The largest absolute Gasteiger partial charge is 0.494 e. The van der Waals surface area contributed by atoms with Crippen LogP contribution >= 0.6 is 0 Å². The van der Waals surface area contributed by atoms with Gasteiger partial charge in [-0.25, -0.2) is 0 Å². The van der Waals surface area contributed by atoms with E-state index in [2.05, 4.69) is 48.3 Å². The fraction of sp³-hybridized carbons (Fsp3) is 0.667. The maximum Gasteiger partial charge on any atom is 0.119 e.